The van der Waals surface area contributed by atoms with Crippen molar-refractivity contribution in [3.05, 3.63) is 47.5 Å². The van der Waals surface area contributed by atoms with Gasteiger partial charge in [0.2, 0.25) is 0 Å². The van der Waals surface area contributed by atoms with Crippen molar-refractivity contribution in [1.29, 1.82) is 0 Å². The molecule has 1 N–H and O–H groups in total. The fourth-order valence-electron chi connectivity index (χ4n) is 2.01. The zero-order chi connectivity index (χ0) is 15.5. The highest BCUT2D eigenvalue weighted by Crippen LogP contribution is 2.23. The molecule has 0 saturated heterocycles. The van der Waals surface area contributed by atoms with Crippen molar-refractivity contribution < 1.29 is 13.2 Å². The third kappa shape index (κ3) is 4.04. The highest BCUT2D eigenvalue weighted by molar-refractivity contribution is 5.16. The monoisotopic (exact) mass is 298 g/mol. The smallest absolute Gasteiger partial charge is 0.302 e. The summed E-state index contributed by atoms with van der Waals surface area (Å²) in [6, 6.07) is 1.59. The molecule has 0 aromatic carbocycles. The number of aromatic nitrogens is 3. The van der Waals surface area contributed by atoms with E-state index in [0.29, 0.717) is 5.56 Å². The number of halogens is 3. The number of aryl methyl sites for hydroxylation is 1. The molecule has 0 saturated carbocycles. The maximum atomic E-state index is 13.1. The Hall–Kier alpha value is -1.89. The summed E-state index contributed by atoms with van der Waals surface area (Å²) >= 11 is 0. The van der Waals surface area contributed by atoms with Gasteiger partial charge < -0.3 is 5.32 Å². The second-order valence-corrected chi connectivity index (χ2v) is 4.91. The van der Waals surface area contributed by atoms with Crippen molar-refractivity contribution >= 4 is 0 Å². The normalized spacial score (nSPS) is 13.4. The number of nitrogens with one attached hydrogen (secondary N) is 1. The van der Waals surface area contributed by atoms with Crippen LogP contribution in [-0.4, -0.2) is 27.0 Å². The molecular weight excluding hydrogens is 281 g/mol. The van der Waals surface area contributed by atoms with Gasteiger partial charge in [-0.1, -0.05) is 0 Å². The lowest BCUT2D eigenvalue weighted by Gasteiger charge is -2.21. The molecule has 4 nitrogen and oxygen atoms in total. The van der Waals surface area contributed by atoms with Crippen LogP contribution in [0.15, 0.2) is 30.7 Å². The van der Waals surface area contributed by atoms with Gasteiger partial charge in [-0.05, 0) is 31.0 Å². The van der Waals surface area contributed by atoms with E-state index >= 15 is 0 Å². The number of hydrogen-bond donors (Lipinski definition) is 1. The first kappa shape index (κ1) is 15.5. The molecule has 2 aromatic rings. The summed E-state index contributed by atoms with van der Waals surface area (Å²) in [4.78, 5) is 3.81. The van der Waals surface area contributed by atoms with Crippen LogP contribution >= 0.6 is 0 Å². The standard InChI is InChI=1S/C14H17F3N4/c1-10-12(9-20-21(10)2)8-19-13(14(15,16)17)7-11-3-5-18-6-4-11/h3-6,9,13,19H,7-8H2,1-2H3/t13-/m0/s1. The van der Waals surface area contributed by atoms with E-state index < -0.39 is 12.2 Å². The van der Waals surface area contributed by atoms with Crippen molar-refractivity contribution in [1.82, 2.24) is 20.1 Å². The molecule has 2 aromatic heterocycles. The van der Waals surface area contributed by atoms with E-state index in [1.807, 2.05) is 6.92 Å². The van der Waals surface area contributed by atoms with Crippen LogP contribution in [0.1, 0.15) is 16.8 Å². The van der Waals surface area contributed by atoms with Gasteiger partial charge in [0.05, 0.1) is 6.20 Å². The molecule has 0 fully saturated rings. The van der Waals surface area contributed by atoms with Crippen LogP contribution in [-0.2, 0) is 20.0 Å². The Kier molecular flexibility index (Phi) is 4.62. The van der Waals surface area contributed by atoms with Crippen molar-refractivity contribution in [2.45, 2.75) is 32.1 Å². The molecule has 0 bridgehead atoms. The predicted octanol–water partition coefficient (Wildman–Crippen LogP) is 2.39. The van der Waals surface area contributed by atoms with E-state index in [4.69, 9.17) is 0 Å². The lowest BCUT2D eigenvalue weighted by Crippen LogP contribution is -2.43. The molecule has 21 heavy (non-hydrogen) atoms. The van der Waals surface area contributed by atoms with Gasteiger partial charge in [0.1, 0.15) is 6.04 Å². The maximum absolute atomic E-state index is 13.1. The second-order valence-electron chi connectivity index (χ2n) is 4.91. The van der Waals surface area contributed by atoms with Gasteiger partial charge in [-0.25, -0.2) is 0 Å². The Balaban J connectivity index is 2.05. The zero-order valence-corrected chi connectivity index (χ0v) is 11.9. The maximum Gasteiger partial charge on any atom is 0.404 e. The van der Waals surface area contributed by atoms with Gasteiger partial charge in [0.25, 0.3) is 0 Å². The van der Waals surface area contributed by atoms with Gasteiger partial charge in [0, 0.05) is 37.2 Å². The van der Waals surface area contributed by atoms with E-state index in [9.17, 15) is 13.2 Å². The summed E-state index contributed by atoms with van der Waals surface area (Å²) in [6.07, 6.45) is 0.148. The van der Waals surface area contributed by atoms with Crippen LogP contribution in [0.5, 0.6) is 0 Å². The minimum Gasteiger partial charge on any atom is -0.302 e. The minimum absolute atomic E-state index is 0.120. The fraction of sp³-hybridized carbons (Fsp3) is 0.429. The van der Waals surface area contributed by atoms with Crippen LogP contribution in [0.4, 0.5) is 13.2 Å². The largest absolute Gasteiger partial charge is 0.404 e. The Labute approximate surface area is 121 Å². The first-order chi connectivity index (χ1) is 9.88. The number of rotatable bonds is 5. The summed E-state index contributed by atoms with van der Waals surface area (Å²) < 4.78 is 41.0. The minimum atomic E-state index is -4.31. The summed E-state index contributed by atoms with van der Waals surface area (Å²) in [6.45, 7) is 1.96. The number of hydrogen-bond acceptors (Lipinski definition) is 3. The zero-order valence-electron chi connectivity index (χ0n) is 11.9. The molecule has 0 amide bonds. The second kappa shape index (κ2) is 6.26. The molecule has 0 aliphatic heterocycles. The Bertz CT molecular complexity index is 578. The van der Waals surface area contributed by atoms with Crippen molar-refractivity contribution in [3.63, 3.8) is 0 Å². The third-order valence-corrected chi connectivity index (χ3v) is 3.46. The van der Waals surface area contributed by atoms with Gasteiger partial charge in [-0.3, -0.25) is 9.67 Å². The summed E-state index contributed by atoms with van der Waals surface area (Å²) in [5, 5.41) is 6.61. The highest BCUT2D eigenvalue weighted by atomic mass is 19.4. The topological polar surface area (TPSA) is 42.7 Å². The van der Waals surface area contributed by atoms with E-state index in [1.54, 1.807) is 30.1 Å². The molecule has 1 atom stereocenters. The first-order valence-corrected chi connectivity index (χ1v) is 6.54. The average molecular weight is 298 g/mol. The van der Waals surface area contributed by atoms with Crippen LogP contribution < -0.4 is 5.32 Å². The first-order valence-electron chi connectivity index (χ1n) is 6.54. The van der Waals surface area contributed by atoms with Gasteiger partial charge in [0.15, 0.2) is 0 Å². The number of pyridine rings is 1. The number of alkyl halides is 3. The molecule has 0 unspecified atom stereocenters. The number of nitrogens with zero attached hydrogens (tertiary/aromatic N) is 3. The van der Waals surface area contributed by atoms with Crippen molar-refractivity contribution in [2.24, 2.45) is 7.05 Å². The van der Waals surface area contributed by atoms with Crippen LogP contribution in [0.25, 0.3) is 0 Å². The van der Waals surface area contributed by atoms with E-state index in [2.05, 4.69) is 15.4 Å². The summed E-state index contributed by atoms with van der Waals surface area (Å²) in [5.74, 6) is 0. The van der Waals surface area contributed by atoms with Crippen LogP contribution in [0.3, 0.4) is 0 Å². The summed E-state index contributed by atoms with van der Waals surface area (Å²) in [5.41, 5.74) is 2.22. The van der Waals surface area contributed by atoms with Crippen molar-refractivity contribution in [3.8, 4) is 0 Å². The fourth-order valence-corrected chi connectivity index (χ4v) is 2.01. The van der Waals surface area contributed by atoms with E-state index in [1.165, 1.54) is 12.4 Å². The van der Waals surface area contributed by atoms with E-state index in [0.717, 1.165) is 11.3 Å². The van der Waals surface area contributed by atoms with Gasteiger partial charge in [-0.2, -0.15) is 18.3 Å². The predicted molar refractivity (Wildman–Crippen MR) is 72.6 cm³/mol. The lowest BCUT2D eigenvalue weighted by atomic mass is 10.1. The molecule has 0 aliphatic carbocycles. The molecular formula is C14H17F3N4. The van der Waals surface area contributed by atoms with E-state index in [-0.39, 0.29) is 13.0 Å². The molecule has 114 valence electrons. The SMILES string of the molecule is Cc1c(CN[C@@H](Cc2ccncc2)C(F)(F)F)cnn1C. The Morgan fingerprint density at radius 3 is 2.48 bits per heavy atom. The van der Waals surface area contributed by atoms with Gasteiger partial charge in [-0.15, -0.1) is 0 Å². The average Bonchev–Trinajstić information content (AvgIpc) is 2.75. The quantitative estimate of drug-likeness (QED) is 0.921. The molecule has 2 rings (SSSR count). The Morgan fingerprint density at radius 1 is 1.29 bits per heavy atom. The van der Waals surface area contributed by atoms with Crippen LogP contribution in [0, 0.1) is 6.92 Å². The Morgan fingerprint density at radius 2 is 1.95 bits per heavy atom. The molecule has 0 radical (unpaired) electrons. The van der Waals surface area contributed by atoms with Gasteiger partial charge >= 0.3 is 6.18 Å². The molecule has 0 aliphatic rings. The van der Waals surface area contributed by atoms with Crippen molar-refractivity contribution in [2.75, 3.05) is 0 Å². The lowest BCUT2D eigenvalue weighted by molar-refractivity contribution is -0.155. The van der Waals surface area contributed by atoms with Crippen LogP contribution in [0.2, 0.25) is 0 Å². The highest BCUT2D eigenvalue weighted by Gasteiger charge is 2.39. The summed E-state index contributed by atoms with van der Waals surface area (Å²) in [7, 11) is 1.76. The molecule has 0 spiro atoms. The molecule has 2 heterocycles. The molecule has 7 heteroatoms. The third-order valence-electron chi connectivity index (χ3n) is 3.46.